The quantitative estimate of drug-likeness (QED) is 0.386. The van der Waals surface area contributed by atoms with Gasteiger partial charge < -0.3 is 9.88 Å². The van der Waals surface area contributed by atoms with Crippen LogP contribution in [0.15, 0.2) is 42.5 Å². The number of para-hydroxylation sites is 1. The van der Waals surface area contributed by atoms with Gasteiger partial charge in [-0.25, -0.2) is 4.98 Å². The Morgan fingerprint density at radius 2 is 2.03 bits per heavy atom. The van der Waals surface area contributed by atoms with Crippen molar-refractivity contribution < 1.29 is 9.59 Å². The van der Waals surface area contributed by atoms with Crippen LogP contribution in [0.1, 0.15) is 16.1 Å². The lowest BCUT2D eigenvalue weighted by atomic mass is 10.0. The predicted octanol–water partition coefficient (Wildman–Crippen LogP) is 3.87. The third-order valence-corrected chi connectivity index (χ3v) is 6.30. The zero-order valence-corrected chi connectivity index (χ0v) is 16.9. The Morgan fingerprint density at radius 3 is 2.93 bits per heavy atom. The van der Waals surface area contributed by atoms with E-state index in [1.165, 1.54) is 11.3 Å². The number of thiazole rings is 1. The number of benzene rings is 2. The first kappa shape index (κ1) is 18.3. The molecule has 0 saturated heterocycles. The fraction of sp³-hybridized carbons (Fsp3) is 0.190. The molecule has 0 fully saturated rings. The third kappa shape index (κ3) is 3.21. The molecule has 8 heteroatoms. The van der Waals surface area contributed by atoms with Crippen molar-refractivity contribution >= 4 is 60.9 Å². The number of hydrogen-bond donors (Lipinski definition) is 2. The highest BCUT2D eigenvalue weighted by Crippen LogP contribution is 2.30. The van der Waals surface area contributed by atoms with E-state index in [1.54, 1.807) is 18.2 Å². The lowest BCUT2D eigenvalue weighted by Crippen LogP contribution is -2.24. The molecule has 2 aromatic carbocycles. The second-order valence-electron chi connectivity index (χ2n) is 6.90. The van der Waals surface area contributed by atoms with Gasteiger partial charge in [0.1, 0.15) is 0 Å². The van der Waals surface area contributed by atoms with Crippen LogP contribution < -0.4 is 10.6 Å². The maximum Gasteiger partial charge on any atom is 0.298 e. The second-order valence-corrected chi connectivity index (χ2v) is 8.37. The van der Waals surface area contributed by atoms with Gasteiger partial charge in [0, 0.05) is 47.7 Å². The maximum atomic E-state index is 13.2. The smallest absolute Gasteiger partial charge is 0.298 e. The standard InChI is InChI=1S/C21H17ClN4O2S/c22-12-5-6-14-17(11-12)29-21(24-14)25-20(28)19(27)18-13-3-1-2-4-15(13)26-10-9-23-8-7-16(18)26/h1-6,11,23H,7-10H2,(H,24,25,28). The minimum Gasteiger partial charge on any atom is -0.343 e. The highest BCUT2D eigenvalue weighted by atomic mass is 35.5. The van der Waals surface area contributed by atoms with Crippen molar-refractivity contribution in [2.75, 3.05) is 18.4 Å². The fourth-order valence-corrected chi connectivity index (χ4v) is 5.00. The molecule has 0 radical (unpaired) electrons. The van der Waals surface area contributed by atoms with Crippen molar-refractivity contribution in [2.24, 2.45) is 0 Å². The van der Waals surface area contributed by atoms with Crippen molar-refractivity contribution in [3.05, 3.63) is 58.7 Å². The van der Waals surface area contributed by atoms with Crippen LogP contribution in [0.4, 0.5) is 5.13 Å². The van der Waals surface area contributed by atoms with Gasteiger partial charge in [0.05, 0.1) is 15.8 Å². The molecule has 29 heavy (non-hydrogen) atoms. The lowest BCUT2D eigenvalue weighted by Gasteiger charge is -2.06. The minimum absolute atomic E-state index is 0.386. The molecule has 0 aliphatic carbocycles. The number of nitrogens with zero attached hydrogens (tertiary/aromatic N) is 2. The van der Waals surface area contributed by atoms with Gasteiger partial charge >= 0.3 is 0 Å². The van der Waals surface area contributed by atoms with E-state index in [-0.39, 0.29) is 0 Å². The number of amides is 1. The van der Waals surface area contributed by atoms with Gasteiger partial charge in [0.15, 0.2) is 5.13 Å². The van der Waals surface area contributed by atoms with E-state index in [2.05, 4.69) is 20.2 Å². The zero-order chi connectivity index (χ0) is 20.0. The number of ketones is 1. The van der Waals surface area contributed by atoms with Gasteiger partial charge in [-0.1, -0.05) is 41.1 Å². The number of anilines is 1. The summed E-state index contributed by atoms with van der Waals surface area (Å²) in [5.41, 5.74) is 3.12. The van der Waals surface area contributed by atoms with Gasteiger partial charge in [0.25, 0.3) is 11.7 Å². The minimum atomic E-state index is -0.675. The number of halogens is 1. The second kappa shape index (κ2) is 7.26. The van der Waals surface area contributed by atoms with Crippen LogP contribution in [-0.2, 0) is 17.8 Å². The van der Waals surface area contributed by atoms with E-state index >= 15 is 0 Å². The Morgan fingerprint density at radius 1 is 1.17 bits per heavy atom. The van der Waals surface area contributed by atoms with E-state index in [9.17, 15) is 9.59 Å². The number of nitrogens with one attached hydrogen (secondary N) is 2. The van der Waals surface area contributed by atoms with Crippen LogP contribution in [0.3, 0.4) is 0 Å². The number of Topliss-reactive ketones (excluding diaryl/α,β-unsaturated/α-hetero) is 1. The maximum absolute atomic E-state index is 13.2. The van der Waals surface area contributed by atoms with Crippen molar-refractivity contribution in [2.45, 2.75) is 13.0 Å². The van der Waals surface area contributed by atoms with Crippen LogP contribution in [-0.4, -0.2) is 34.3 Å². The van der Waals surface area contributed by atoms with Crippen molar-refractivity contribution in [1.82, 2.24) is 14.9 Å². The molecule has 0 unspecified atom stereocenters. The van der Waals surface area contributed by atoms with Crippen LogP contribution >= 0.6 is 22.9 Å². The van der Waals surface area contributed by atoms with Crippen LogP contribution in [0.5, 0.6) is 0 Å². The summed E-state index contributed by atoms with van der Waals surface area (Å²) in [6, 6.07) is 13.1. The Kier molecular flexibility index (Phi) is 4.58. The molecule has 3 heterocycles. The Labute approximate surface area is 175 Å². The topological polar surface area (TPSA) is 76.0 Å². The summed E-state index contributed by atoms with van der Waals surface area (Å²) in [5.74, 6) is -1.21. The van der Waals surface area contributed by atoms with E-state index in [0.717, 1.165) is 46.4 Å². The van der Waals surface area contributed by atoms with Gasteiger partial charge in [-0.15, -0.1) is 0 Å². The summed E-state index contributed by atoms with van der Waals surface area (Å²) in [4.78, 5) is 30.4. The summed E-state index contributed by atoms with van der Waals surface area (Å²) in [6.07, 6.45) is 0.697. The summed E-state index contributed by atoms with van der Waals surface area (Å²) in [5, 5.41) is 7.83. The molecule has 1 aliphatic rings. The Hall–Kier alpha value is -2.74. The van der Waals surface area contributed by atoms with Crippen molar-refractivity contribution in [3.8, 4) is 0 Å². The third-order valence-electron chi connectivity index (χ3n) is 5.13. The van der Waals surface area contributed by atoms with Gasteiger partial charge in [-0.05, 0) is 24.3 Å². The molecule has 6 nitrogen and oxygen atoms in total. The number of rotatable bonds is 3. The highest BCUT2D eigenvalue weighted by molar-refractivity contribution is 7.22. The molecule has 2 aromatic heterocycles. The monoisotopic (exact) mass is 424 g/mol. The van der Waals surface area contributed by atoms with Gasteiger partial charge in [-0.2, -0.15) is 0 Å². The highest BCUT2D eigenvalue weighted by Gasteiger charge is 2.28. The molecule has 0 spiro atoms. The van der Waals surface area contributed by atoms with E-state index in [4.69, 9.17) is 11.6 Å². The Bertz CT molecular complexity index is 1280. The van der Waals surface area contributed by atoms with Crippen molar-refractivity contribution in [3.63, 3.8) is 0 Å². The molecule has 0 atom stereocenters. The first-order valence-corrected chi connectivity index (χ1v) is 10.5. The van der Waals surface area contributed by atoms with Crippen LogP contribution in [0, 0.1) is 0 Å². The number of carbonyl (C=O) groups excluding carboxylic acids is 2. The summed E-state index contributed by atoms with van der Waals surface area (Å²) >= 11 is 7.31. The SMILES string of the molecule is O=C(Nc1nc2ccc(Cl)cc2s1)C(=O)c1c2n(c3ccccc13)CCNCC2. The molecule has 0 saturated carbocycles. The van der Waals surface area contributed by atoms with E-state index in [0.29, 0.717) is 22.1 Å². The average molecular weight is 425 g/mol. The molecule has 1 aliphatic heterocycles. The number of carbonyl (C=O) groups is 2. The molecule has 1 amide bonds. The number of hydrogen-bond acceptors (Lipinski definition) is 5. The molecule has 146 valence electrons. The fourth-order valence-electron chi connectivity index (χ4n) is 3.87. The number of fused-ring (bicyclic) bond motifs is 4. The average Bonchev–Trinajstić information content (AvgIpc) is 3.14. The largest absolute Gasteiger partial charge is 0.343 e. The summed E-state index contributed by atoms with van der Waals surface area (Å²) < 4.78 is 3.00. The molecular weight excluding hydrogens is 408 g/mol. The first-order valence-electron chi connectivity index (χ1n) is 9.34. The predicted molar refractivity (Wildman–Crippen MR) is 116 cm³/mol. The van der Waals surface area contributed by atoms with Crippen LogP contribution in [0.2, 0.25) is 5.02 Å². The van der Waals surface area contributed by atoms with E-state index in [1.807, 2.05) is 24.3 Å². The summed E-state index contributed by atoms with van der Waals surface area (Å²) in [6.45, 7) is 2.37. The van der Waals surface area contributed by atoms with Crippen molar-refractivity contribution in [1.29, 1.82) is 0 Å². The molecule has 2 N–H and O–H groups in total. The zero-order valence-electron chi connectivity index (χ0n) is 15.4. The van der Waals surface area contributed by atoms with Crippen LogP contribution in [0.25, 0.3) is 21.1 Å². The summed E-state index contributed by atoms with van der Waals surface area (Å²) in [7, 11) is 0. The molecule has 5 rings (SSSR count). The van der Waals surface area contributed by atoms with E-state index < -0.39 is 11.7 Å². The first-order chi connectivity index (χ1) is 14.1. The molecule has 0 bridgehead atoms. The Balaban J connectivity index is 1.52. The number of aromatic nitrogens is 2. The lowest BCUT2D eigenvalue weighted by molar-refractivity contribution is -0.112. The van der Waals surface area contributed by atoms with Gasteiger partial charge in [0.2, 0.25) is 0 Å². The molecule has 4 aromatic rings. The molecular formula is C21H17ClN4O2S. The van der Waals surface area contributed by atoms with Gasteiger partial charge in [-0.3, -0.25) is 14.9 Å². The normalized spacial score (nSPS) is 14.0.